The van der Waals surface area contributed by atoms with E-state index in [0.717, 1.165) is 5.56 Å². The van der Waals surface area contributed by atoms with Crippen molar-refractivity contribution in [3.8, 4) is 34.4 Å². The molecule has 1 aromatic heterocycles. The van der Waals surface area contributed by atoms with E-state index in [1.54, 1.807) is 39.5 Å². The maximum atomic E-state index is 5.70. The smallest absolute Gasteiger partial charge is 0.264 e. The van der Waals surface area contributed by atoms with E-state index in [-0.39, 0.29) is 6.61 Å². The largest absolute Gasteiger partial charge is 0.496 e. The summed E-state index contributed by atoms with van der Waals surface area (Å²) in [5.74, 6) is 3.31. The van der Waals surface area contributed by atoms with Crippen LogP contribution >= 0.6 is 0 Å². The second-order valence-corrected chi connectivity index (χ2v) is 5.05. The second-order valence-electron chi connectivity index (χ2n) is 5.05. The van der Waals surface area contributed by atoms with Crippen LogP contribution in [0.5, 0.6) is 23.0 Å². The Labute approximate surface area is 145 Å². The van der Waals surface area contributed by atoms with Crippen LogP contribution in [0.2, 0.25) is 0 Å². The van der Waals surface area contributed by atoms with Crippen molar-refractivity contribution >= 4 is 0 Å². The molecule has 3 rings (SSSR count). The van der Waals surface area contributed by atoms with Gasteiger partial charge in [0.15, 0.2) is 6.61 Å². The first kappa shape index (κ1) is 16.6. The molecule has 25 heavy (non-hydrogen) atoms. The highest BCUT2D eigenvalue weighted by molar-refractivity contribution is 5.63. The molecule has 0 saturated heterocycles. The molecule has 0 saturated carbocycles. The summed E-state index contributed by atoms with van der Waals surface area (Å²) in [5.41, 5.74) is 0.753. The predicted octanol–water partition coefficient (Wildman–Crippen LogP) is 3.34. The standard InChI is InChI=1S/C18H18N2O5/c1-21-12-8-13(22-2)10-14(9-12)24-11-17-19-18(20-25-17)15-6-4-5-7-16(15)23-3/h4-10H,11H2,1-3H3. The molecule has 7 nitrogen and oxygen atoms in total. The van der Waals surface area contributed by atoms with Gasteiger partial charge in [0.1, 0.15) is 23.0 Å². The summed E-state index contributed by atoms with van der Waals surface area (Å²) in [6.07, 6.45) is 0. The fourth-order valence-electron chi connectivity index (χ4n) is 2.26. The average molecular weight is 342 g/mol. The number of ether oxygens (including phenoxy) is 4. The van der Waals surface area contributed by atoms with E-state index in [4.69, 9.17) is 23.5 Å². The summed E-state index contributed by atoms with van der Waals surface area (Å²) in [5, 5.41) is 3.98. The van der Waals surface area contributed by atoms with Gasteiger partial charge in [0.05, 0.1) is 26.9 Å². The molecule has 0 radical (unpaired) electrons. The van der Waals surface area contributed by atoms with Crippen LogP contribution < -0.4 is 18.9 Å². The molecule has 0 bridgehead atoms. The first-order chi connectivity index (χ1) is 12.2. The lowest BCUT2D eigenvalue weighted by Gasteiger charge is -2.08. The second kappa shape index (κ2) is 7.57. The summed E-state index contributed by atoms with van der Waals surface area (Å²) < 4.78 is 26.7. The van der Waals surface area contributed by atoms with Crippen LogP contribution in [0.15, 0.2) is 47.0 Å². The lowest BCUT2D eigenvalue weighted by atomic mass is 10.2. The van der Waals surface area contributed by atoms with Gasteiger partial charge in [0, 0.05) is 18.2 Å². The van der Waals surface area contributed by atoms with Crippen molar-refractivity contribution in [2.75, 3.05) is 21.3 Å². The first-order valence-corrected chi connectivity index (χ1v) is 7.55. The Morgan fingerprint density at radius 3 is 2.24 bits per heavy atom. The van der Waals surface area contributed by atoms with Gasteiger partial charge < -0.3 is 23.5 Å². The first-order valence-electron chi connectivity index (χ1n) is 7.55. The van der Waals surface area contributed by atoms with Gasteiger partial charge in [-0.25, -0.2) is 0 Å². The Morgan fingerprint density at radius 1 is 0.880 bits per heavy atom. The SMILES string of the molecule is COc1cc(OC)cc(OCc2nc(-c3ccccc3OC)no2)c1. The molecule has 0 spiro atoms. The lowest BCUT2D eigenvalue weighted by molar-refractivity contribution is 0.241. The number of nitrogens with zero attached hydrogens (tertiary/aromatic N) is 2. The van der Waals surface area contributed by atoms with Crippen molar-refractivity contribution in [2.45, 2.75) is 6.61 Å². The van der Waals surface area contributed by atoms with Gasteiger partial charge in [-0.3, -0.25) is 0 Å². The highest BCUT2D eigenvalue weighted by atomic mass is 16.5. The molecule has 0 aliphatic heterocycles. The van der Waals surface area contributed by atoms with E-state index < -0.39 is 0 Å². The van der Waals surface area contributed by atoms with Gasteiger partial charge in [-0.15, -0.1) is 0 Å². The predicted molar refractivity (Wildman–Crippen MR) is 90.2 cm³/mol. The van der Waals surface area contributed by atoms with E-state index in [0.29, 0.717) is 34.7 Å². The summed E-state index contributed by atoms with van der Waals surface area (Å²) in [7, 11) is 4.76. The van der Waals surface area contributed by atoms with E-state index in [1.807, 2.05) is 24.3 Å². The molecule has 130 valence electrons. The molecule has 3 aromatic rings. The Hall–Kier alpha value is -3.22. The number of methoxy groups -OCH3 is 3. The van der Waals surface area contributed by atoms with Gasteiger partial charge >= 0.3 is 0 Å². The van der Waals surface area contributed by atoms with Gasteiger partial charge in [-0.2, -0.15) is 4.98 Å². The summed E-state index contributed by atoms with van der Waals surface area (Å²) in [4.78, 5) is 4.34. The number of aromatic nitrogens is 2. The summed E-state index contributed by atoms with van der Waals surface area (Å²) in [6.45, 7) is 0.123. The molecular weight excluding hydrogens is 324 g/mol. The third-order valence-corrected chi connectivity index (χ3v) is 3.50. The van der Waals surface area contributed by atoms with Crippen LogP contribution in [-0.4, -0.2) is 31.5 Å². The van der Waals surface area contributed by atoms with E-state index >= 15 is 0 Å². The Bertz CT molecular complexity index is 825. The molecular formula is C18H18N2O5. The van der Waals surface area contributed by atoms with E-state index in [1.165, 1.54) is 0 Å². The van der Waals surface area contributed by atoms with Crippen LogP contribution in [0.4, 0.5) is 0 Å². The topological polar surface area (TPSA) is 75.8 Å². The van der Waals surface area contributed by atoms with Crippen LogP contribution in [0, 0.1) is 0 Å². The number of para-hydroxylation sites is 1. The highest BCUT2D eigenvalue weighted by Gasteiger charge is 2.13. The van der Waals surface area contributed by atoms with Crippen molar-refractivity contribution in [2.24, 2.45) is 0 Å². The summed E-state index contributed by atoms with van der Waals surface area (Å²) >= 11 is 0. The van der Waals surface area contributed by atoms with Crippen LogP contribution in [0.1, 0.15) is 5.89 Å². The van der Waals surface area contributed by atoms with E-state index in [2.05, 4.69) is 10.1 Å². The fraction of sp³-hybridized carbons (Fsp3) is 0.222. The minimum atomic E-state index is 0.123. The van der Waals surface area contributed by atoms with Crippen molar-refractivity contribution in [1.82, 2.24) is 10.1 Å². The number of benzene rings is 2. The number of hydrogen-bond donors (Lipinski definition) is 0. The van der Waals surface area contributed by atoms with Crippen LogP contribution in [0.25, 0.3) is 11.4 Å². The molecule has 0 unspecified atom stereocenters. The summed E-state index contributed by atoms with van der Waals surface area (Å²) in [6, 6.07) is 12.7. The lowest BCUT2D eigenvalue weighted by Crippen LogP contribution is -1.97. The minimum Gasteiger partial charge on any atom is -0.496 e. The molecule has 0 aliphatic rings. The monoisotopic (exact) mass is 342 g/mol. The average Bonchev–Trinajstić information content (AvgIpc) is 3.14. The Morgan fingerprint density at radius 2 is 1.56 bits per heavy atom. The normalized spacial score (nSPS) is 10.4. The molecule has 0 N–H and O–H groups in total. The van der Waals surface area contributed by atoms with Crippen molar-refractivity contribution in [3.63, 3.8) is 0 Å². The maximum Gasteiger partial charge on any atom is 0.264 e. The third-order valence-electron chi connectivity index (χ3n) is 3.50. The quantitative estimate of drug-likeness (QED) is 0.652. The van der Waals surface area contributed by atoms with E-state index in [9.17, 15) is 0 Å². The Kier molecular flexibility index (Phi) is 5.03. The fourth-order valence-corrected chi connectivity index (χ4v) is 2.26. The molecule has 0 fully saturated rings. The minimum absolute atomic E-state index is 0.123. The van der Waals surface area contributed by atoms with Crippen LogP contribution in [-0.2, 0) is 6.61 Å². The zero-order valence-electron chi connectivity index (χ0n) is 14.2. The molecule has 1 heterocycles. The maximum absolute atomic E-state index is 5.70. The number of hydrogen-bond acceptors (Lipinski definition) is 7. The van der Waals surface area contributed by atoms with Crippen molar-refractivity contribution < 1.29 is 23.5 Å². The molecule has 0 amide bonds. The molecule has 0 aliphatic carbocycles. The van der Waals surface area contributed by atoms with Crippen molar-refractivity contribution in [1.29, 1.82) is 0 Å². The highest BCUT2D eigenvalue weighted by Crippen LogP contribution is 2.29. The van der Waals surface area contributed by atoms with Gasteiger partial charge in [-0.1, -0.05) is 17.3 Å². The van der Waals surface area contributed by atoms with Crippen molar-refractivity contribution in [3.05, 3.63) is 48.4 Å². The van der Waals surface area contributed by atoms with Gasteiger partial charge in [-0.05, 0) is 12.1 Å². The zero-order valence-corrected chi connectivity index (χ0v) is 14.2. The van der Waals surface area contributed by atoms with Gasteiger partial charge in [0.25, 0.3) is 5.89 Å². The molecule has 7 heteroatoms. The van der Waals surface area contributed by atoms with Crippen LogP contribution in [0.3, 0.4) is 0 Å². The molecule has 2 aromatic carbocycles. The zero-order chi connectivity index (χ0) is 17.6. The van der Waals surface area contributed by atoms with Gasteiger partial charge in [0.2, 0.25) is 5.82 Å². The molecule has 0 atom stereocenters. The third kappa shape index (κ3) is 3.82. The number of rotatable bonds is 7. The Balaban J connectivity index is 1.74.